The van der Waals surface area contributed by atoms with Gasteiger partial charge in [-0.15, -0.1) is 0 Å². The van der Waals surface area contributed by atoms with Crippen molar-refractivity contribution in [1.29, 1.82) is 0 Å². The third-order valence-electron chi connectivity index (χ3n) is 4.84. The molecule has 1 aromatic rings. The molecule has 0 saturated carbocycles. The minimum absolute atomic E-state index is 0. The summed E-state index contributed by atoms with van der Waals surface area (Å²) in [5, 5.41) is 0. The van der Waals surface area contributed by atoms with Crippen molar-refractivity contribution < 1.29 is 26.4 Å². The molecule has 0 radical (unpaired) electrons. The van der Waals surface area contributed by atoms with Gasteiger partial charge in [0.1, 0.15) is 6.54 Å². The first kappa shape index (κ1) is 22.4. The molecule has 144 valence electrons. The van der Waals surface area contributed by atoms with Gasteiger partial charge in [0, 0.05) is 31.6 Å². The Labute approximate surface area is 160 Å². The number of nitrogens with zero attached hydrogens (tertiary/aromatic N) is 1. The van der Waals surface area contributed by atoms with E-state index in [0.717, 1.165) is 26.0 Å². The number of unbranched alkanes of at least 4 members (excludes halogenated alkanes) is 6. The first-order valence-corrected chi connectivity index (χ1v) is 10.1. The number of hydrogen-bond donors (Lipinski definition) is 0. The zero-order valence-corrected chi connectivity index (χ0v) is 16.6. The summed E-state index contributed by atoms with van der Waals surface area (Å²) >= 11 is 0. The van der Waals surface area contributed by atoms with E-state index in [1.807, 2.05) is 0 Å². The molecule has 1 saturated heterocycles. The Kier molecular flexibility index (Phi) is 13.0. The Morgan fingerprint density at radius 2 is 1.68 bits per heavy atom. The summed E-state index contributed by atoms with van der Waals surface area (Å²) in [6, 6.07) is 6.24. The van der Waals surface area contributed by atoms with Gasteiger partial charge in [-0.25, -0.2) is 4.57 Å². The molecular weight excluding hydrogens is 334 g/mol. The second kappa shape index (κ2) is 14.5. The zero-order valence-electron chi connectivity index (χ0n) is 15.9. The van der Waals surface area contributed by atoms with Gasteiger partial charge in [-0.1, -0.05) is 45.1 Å². The molecule has 0 spiro atoms. The minimum Gasteiger partial charge on any atom is -1.00 e. The minimum atomic E-state index is 0. The molecule has 2 heterocycles. The molecule has 1 aliphatic heterocycles. The van der Waals surface area contributed by atoms with E-state index >= 15 is 0 Å². The average Bonchev–Trinajstić information content (AvgIpc) is 3.06. The van der Waals surface area contributed by atoms with Crippen LogP contribution in [-0.2, 0) is 16.0 Å². The highest BCUT2D eigenvalue weighted by atomic mass is 35.5. The van der Waals surface area contributed by atoms with E-state index in [0.29, 0.717) is 6.10 Å². The van der Waals surface area contributed by atoms with Crippen molar-refractivity contribution in [2.45, 2.75) is 96.5 Å². The standard InChI is InChI=1S/C21H36NO2.ClH/c1-2-3-4-8-13-20-14-15-21(24-20)23-19-12-6-5-9-16-22-17-10-7-11-18-22;/h7,10-11,17-18,20-21H,2-6,8-9,12-16,19H2,1H3;1H/q+1;/p-1. The molecule has 0 aromatic carbocycles. The lowest BCUT2D eigenvalue weighted by Gasteiger charge is -2.14. The van der Waals surface area contributed by atoms with Gasteiger partial charge in [0.05, 0.1) is 6.10 Å². The smallest absolute Gasteiger partial charge is 0.168 e. The van der Waals surface area contributed by atoms with Crippen molar-refractivity contribution in [3.8, 4) is 0 Å². The lowest BCUT2D eigenvalue weighted by atomic mass is 10.1. The molecular formula is C21H36ClNO2. The predicted molar refractivity (Wildman–Crippen MR) is 97.7 cm³/mol. The third-order valence-corrected chi connectivity index (χ3v) is 4.84. The molecule has 0 N–H and O–H groups in total. The maximum atomic E-state index is 6.00. The Morgan fingerprint density at radius 3 is 2.48 bits per heavy atom. The summed E-state index contributed by atoms with van der Waals surface area (Å²) in [6.45, 7) is 4.23. The van der Waals surface area contributed by atoms with Crippen LogP contribution in [0.5, 0.6) is 0 Å². The first-order chi connectivity index (χ1) is 11.9. The van der Waals surface area contributed by atoms with Crippen LogP contribution >= 0.6 is 0 Å². The lowest BCUT2D eigenvalue weighted by molar-refractivity contribution is -0.697. The van der Waals surface area contributed by atoms with Crippen LogP contribution in [0.1, 0.15) is 77.6 Å². The van der Waals surface area contributed by atoms with Gasteiger partial charge in [-0.2, -0.15) is 0 Å². The summed E-state index contributed by atoms with van der Waals surface area (Å²) in [4.78, 5) is 0. The van der Waals surface area contributed by atoms with Crippen LogP contribution in [0.2, 0.25) is 0 Å². The van der Waals surface area contributed by atoms with E-state index in [2.05, 4.69) is 42.1 Å². The predicted octanol–water partition coefficient (Wildman–Crippen LogP) is 2.03. The summed E-state index contributed by atoms with van der Waals surface area (Å²) in [7, 11) is 0. The quantitative estimate of drug-likeness (QED) is 0.392. The van der Waals surface area contributed by atoms with Crippen molar-refractivity contribution >= 4 is 0 Å². The zero-order chi connectivity index (χ0) is 16.9. The number of aromatic nitrogens is 1. The molecule has 0 bridgehead atoms. The van der Waals surface area contributed by atoms with E-state index < -0.39 is 0 Å². The summed E-state index contributed by atoms with van der Waals surface area (Å²) in [6.07, 6.45) is 18.5. The summed E-state index contributed by atoms with van der Waals surface area (Å²) < 4.78 is 14.2. The van der Waals surface area contributed by atoms with E-state index in [4.69, 9.17) is 9.47 Å². The summed E-state index contributed by atoms with van der Waals surface area (Å²) in [5.41, 5.74) is 0. The van der Waals surface area contributed by atoms with Gasteiger partial charge >= 0.3 is 0 Å². The Morgan fingerprint density at radius 1 is 0.920 bits per heavy atom. The van der Waals surface area contributed by atoms with Gasteiger partial charge < -0.3 is 21.9 Å². The highest BCUT2D eigenvalue weighted by Gasteiger charge is 2.24. The molecule has 0 aliphatic carbocycles. The number of ether oxygens (including phenoxy) is 2. The SMILES string of the molecule is CCCCCCC1CCC(OCCCCCC[n+]2ccccc2)O1.[Cl-]. The van der Waals surface area contributed by atoms with Gasteiger partial charge in [-0.3, -0.25) is 0 Å². The van der Waals surface area contributed by atoms with E-state index in [1.54, 1.807) is 0 Å². The number of halogens is 1. The molecule has 1 aliphatic rings. The molecule has 1 aromatic heterocycles. The number of rotatable bonds is 13. The largest absolute Gasteiger partial charge is 1.00 e. The van der Waals surface area contributed by atoms with Crippen molar-refractivity contribution in [3.63, 3.8) is 0 Å². The van der Waals surface area contributed by atoms with E-state index in [-0.39, 0.29) is 18.7 Å². The van der Waals surface area contributed by atoms with Crippen molar-refractivity contribution in [2.75, 3.05) is 6.61 Å². The average molecular weight is 370 g/mol. The molecule has 0 amide bonds. The highest BCUT2D eigenvalue weighted by molar-refractivity contribution is 4.83. The van der Waals surface area contributed by atoms with E-state index in [9.17, 15) is 0 Å². The number of aryl methyl sites for hydroxylation is 1. The van der Waals surface area contributed by atoms with Gasteiger partial charge in [-0.05, 0) is 25.7 Å². The fourth-order valence-electron chi connectivity index (χ4n) is 3.35. The second-order valence-electron chi connectivity index (χ2n) is 7.01. The maximum Gasteiger partial charge on any atom is 0.168 e. The number of hydrogen-bond acceptors (Lipinski definition) is 2. The van der Waals surface area contributed by atoms with Crippen LogP contribution in [0, 0.1) is 0 Å². The molecule has 3 nitrogen and oxygen atoms in total. The fraction of sp³-hybridized carbons (Fsp3) is 0.762. The lowest BCUT2D eigenvalue weighted by Crippen LogP contribution is -3.00. The van der Waals surface area contributed by atoms with Crippen LogP contribution in [0.3, 0.4) is 0 Å². The van der Waals surface area contributed by atoms with Crippen LogP contribution in [0.25, 0.3) is 0 Å². The Balaban J connectivity index is 0.00000312. The Bertz CT molecular complexity index is 416. The van der Waals surface area contributed by atoms with Crippen molar-refractivity contribution in [1.82, 2.24) is 0 Å². The first-order valence-electron chi connectivity index (χ1n) is 10.1. The molecule has 2 rings (SSSR count). The van der Waals surface area contributed by atoms with Crippen LogP contribution in [0.4, 0.5) is 0 Å². The third kappa shape index (κ3) is 10.2. The monoisotopic (exact) mass is 369 g/mol. The van der Waals surface area contributed by atoms with Crippen LogP contribution in [0.15, 0.2) is 30.6 Å². The van der Waals surface area contributed by atoms with Crippen molar-refractivity contribution in [2.24, 2.45) is 0 Å². The number of pyridine rings is 1. The molecule has 25 heavy (non-hydrogen) atoms. The molecule has 2 atom stereocenters. The maximum absolute atomic E-state index is 6.00. The van der Waals surface area contributed by atoms with Gasteiger partial charge in [0.2, 0.25) is 0 Å². The van der Waals surface area contributed by atoms with Crippen LogP contribution in [-0.4, -0.2) is 19.0 Å². The second-order valence-corrected chi connectivity index (χ2v) is 7.01. The topological polar surface area (TPSA) is 22.3 Å². The van der Waals surface area contributed by atoms with Gasteiger partial charge in [0.25, 0.3) is 0 Å². The molecule has 1 fully saturated rings. The molecule has 4 heteroatoms. The van der Waals surface area contributed by atoms with Crippen LogP contribution < -0.4 is 17.0 Å². The fourth-order valence-corrected chi connectivity index (χ4v) is 3.35. The Hall–Kier alpha value is -0.640. The normalized spacial score (nSPS) is 19.7. The van der Waals surface area contributed by atoms with E-state index in [1.165, 1.54) is 57.8 Å². The summed E-state index contributed by atoms with van der Waals surface area (Å²) in [5.74, 6) is 0. The van der Waals surface area contributed by atoms with Gasteiger partial charge in [0.15, 0.2) is 18.7 Å². The van der Waals surface area contributed by atoms with Crippen molar-refractivity contribution in [3.05, 3.63) is 30.6 Å². The molecule has 2 unspecified atom stereocenters. The highest BCUT2D eigenvalue weighted by Crippen LogP contribution is 2.25.